The molecular formula is C13H29ClN2O2. The molecule has 0 saturated carbocycles. The van der Waals surface area contributed by atoms with Gasteiger partial charge in [0.15, 0.2) is 0 Å². The van der Waals surface area contributed by atoms with Gasteiger partial charge in [-0.15, -0.1) is 12.4 Å². The Morgan fingerprint density at radius 2 is 1.89 bits per heavy atom. The van der Waals surface area contributed by atoms with Crippen molar-refractivity contribution in [1.82, 2.24) is 4.90 Å². The molecule has 18 heavy (non-hydrogen) atoms. The zero-order valence-electron chi connectivity index (χ0n) is 12.1. The number of methoxy groups -OCH3 is 1. The number of ether oxygens (including phenoxy) is 1. The maximum Gasteiger partial charge on any atom is 0.222 e. The highest BCUT2D eigenvalue weighted by atomic mass is 35.5. The van der Waals surface area contributed by atoms with Gasteiger partial charge < -0.3 is 15.4 Å². The van der Waals surface area contributed by atoms with Crippen molar-refractivity contribution in [3.63, 3.8) is 0 Å². The number of rotatable bonds is 9. The van der Waals surface area contributed by atoms with Crippen molar-refractivity contribution in [3.8, 4) is 0 Å². The fourth-order valence-corrected chi connectivity index (χ4v) is 1.92. The summed E-state index contributed by atoms with van der Waals surface area (Å²) in [7, 11) is 1.66. The third-order valence-electron chi connectivity index (χ3n) is 3.05. The molecule has 0 radical (unpaired) electrons. The molecule has 2 N–H and O–H groups in total. The van der Waals surface area contributed by atoms with Crippen LogP contribution in [0.25, 0.3) is 0 Å². The van der Waals surface area contributed by atoms with Crippen molar-refractivity contribution in [2.24, 2.45) is 5.73 Å². The second-order valence-corrected chi connectivity index (χ2v) is 4.57. The molecule has 0 aromatic rings. The lowest BCUT2D eigenvalue weighted by Gasteiger charge is -2.30. The second kappa shape index (κ2) is 11.8. The van der Waals surface area contributed by atoms with Crippen molar-refractivity contribution < 1.29 is 9.53 Å². The predicted molar refractivity (Wildman–Crippen MR) is 78.1 cm³/mol. The first-order valence-electron chi connectivity index (χ1n) is 6.60. The number of nitrogens with zero attached hydrogens (tertiary/aromatic N) is 1. The molecule has 0 spiro atoms. The van der Waals surface area contributed by atoms with E-state index in [0.29, 0.717) is 25.6 Å². The molecule has 110 valence electrons. The molecule has 1 unspecified atom stereocenters. The van der Waals surface area contributed by atoms with Gasteiger partial charge in [0.2, 0.25) is 5.91 Å². The highest BCUT2D eigenvalue weighted by molar-refractivity contribution is 5.85. The Balaban J connectivity index is 0. The molecule has 4 nitrogen and oxygen atoms in total. The van der Waals surface area contributed by atoms with E-state index in [9.17, 15) is 4.79 Å². The van der Waals surface area contributed by atoms with Crippen molar-refractivity contribution >= 4 is 18.3 Å². The van der Waals surface area contributed by atoms with Crippen LogP contribution in [0.4, 0.5) is 0 Å². The van der Waals surface area contributed by atoms with Crippen molar-refractivity contribution in [1.29, 1.82) is 0 Å². The summed E-state index contributed by atoms with van der Waals surface area (Å²) in [5, 5.41) is 0. The van der Waals surface area contributed by atoms with Crippen LogP contribution in [-0.2, 0) is 9.53 Å². The first-order valence-corrected chi connectivity index (χ1v) is 6.60. The smallest absolute Gasteiger partial charge is 0.222 e. The first kappa shape index (κ1) is 20.0. The molecule has 0 aliphatic heterocycles. The Morgan fingerprint density at radius 3 is 2.28 bits per heavy atom. The lowest BCUT2D eigenvalue weighted by molar-refractivity contribution is -0.134. The number of halogens is 1. The van der Waals surface area contributed by atoms with E-state index >= 15 is 0 Å². The summed E-state index contributed by atoms with van der Waals surface area (Å²) in [6, 6.07) is 0.413. The largest absolute Gasteiger partial charge is 0.383 e. The van der Waals surface area contributed by atoms with Crippen molar-refractivity contribution in [3.05, 3.63) is 0 Å². The maximum atomic E-state index is 12.1. The monoisotopic (exact) mass is 280 g/mol. The molecule has 0 aromatic heterocycles. The van der Waals surface area contributed by atoms with E-state index in [-0.39, 0.29) is 24.4 Å². The van der Waals surface area contributed by atoms with Gasteiger partial charge in [0.05, 0.1) is 6.61 Å². The van der Waals surface area contributed by atoms with E-state index in [0.717, 1.165) is 19.3 Å². The summed E-state index contributed by atoms with van der Waals surface area (Å²) in [4.78, 5) is 14.1. The van der Waals surface area contributed by atoms with Gasteiger partial charge >= 0.3 is 0 Å². The summed E-state index contributed by atoms with van der Waals surface area (Å²) in [6.07, 6.45) is 3.27. The fraction of sp³-hybridized carbons (Fsp3) is 0.923. The SMILES string of the molecule is CCC(CC)N(CCOC)C(=O)CCC(C)N.Cl. The molecule has 0 bridgehead atoms. The van der Waals surface area contributed by atoms with Crippen molar-refractivity contribution in [2.75, 3.05) is 20.3 Å². The summed E-state index contributed by atoms with van der Waals surface area (Å²) >= 11 is 0. The molecule has 0 fully saturated rings. The normalized spacial score (nSPS) is 12.1. The molecule has 5 heteroatoms. The maximum absolute atomic E-state index is 12.1. The van der Waals surface area contributed by atoms with Crippen LogP contribution in [0.1, 0.15) is 46.5 Å². The summed E-state index contributed by atoms with van der Waals surface area (Å²) in [5.74, 6) is 0.202. The predicted octanol–water partition coefficient (Wildman–Crippen LogP) is 2.20. The zero-order valence-corrected chi connectivity index (χ0v) is 13.0. The number of hydrogen-bond acceptors (Lipinski definition) is 3. The lowest BCUT2D eigenvalue weighted by atomic mass is 10.1. The summed E-state index contributed by atoms with van der Waals surface area (Å²) in [6.45, 7) is 7.45. The molecule has 0 saturated heterocycles. The minimum absolute atomic E-state index is 0. The molecule has 0 aromatic carbocycles. The highest BCUT2D eigenvalue weighted by Gasteiger charge is 2.20. The topological polar surface area (TPSA) is 55.6 Å². The van der Waals surface area contributed by atoms with Gasteiger partial charge in [-0.25, -0.2) is 0 Å². The molecule has 1 atom stereocenters. The van der Waals surface area contributed by atoms with Gasteiger partial charge in [0.1, 0.15) is 0 Å². The van der Waals surface area contributed by atoms with Crippen LogP contribution < -0.4 is 5.73 Å². The van der Waals surface area contributed by atoms with Gasteiger partial charge in [-0.3, -0.25) is 4.79 Å². The molecule has 1 amide bonds. The number of carbonyl (C=O) groups excluding carboxylic acids is 1. The van der Waals surface area contributed by atoms with Gasteiger partial charge in [0, 0.05) is 32.2 Å². The second-order valence-electron chi connectivity index (χ2n) is 4.57. The Hall–Kier alpha value is -0.320. The lowest BCUT2D eigenvalue weighted by Crippen LogP contribution is -2.42. The first-order chi connectivity index (χ1) is 8.06. The van der Waals surface area contributed by atoms with Gasteiger partial charge in [-0.2, -0.15) is 0 Å². The van der Waals surface area contributed by atoms with Gasteiger partial charge in [-0.05, 0) is 26.2 Å². The van der Waals surface area contributed by atoms with E-state index in [2.05, 4.69) is 13.8 Å². The number of nitrogens with two attached hydrogens (primary N) is 1. The average Bonchev–Trinajstić information content (AvgIpc) is 2.31. The van der Waals surface area contributed by atoms with E-state index in [1.807, 2.05) is 11.8 Å². The Morgan fingerprint density at radius 1 is 1.33 bits per heavy atom. The summed E-state index contributed by atoms with van der Waals surface area (Å²) < 4.78 is 5.07. The third-order valence-corrected chi connectivity index (χ3v) is 3.05. The van der Waals surface area contributed by atoms with E-state index in [1.165, 1.54) is 0 Å². The Labute approximate surface area is 118 Å². The van der Waals surface area contributed by atoms with Crippen LogP contribution in [0.3, 0.4) is 0 Å². The van der Waals surface area contributed by atoms with Crippen LogP contribution in [0.2, 0.25) is 0 Å². The molecular weight excluding hydrogens is 252 g/mol. The highest BCUT2D eigenvalue weighted by Crippen LogP contribution is 2.11. The van der Waals surface area contributed by atoms with E-state index < -0.39 is 0 Å². The standard InChI is InChI=1S/C13H28N2O2.ClH/c1-5-12(6-2)15(9-10-17-4)13(16)8-7-11(3)14;/h11-12H,5-10,14H2,1-4H3;1H. The Kier molecular flexibility index (Phi) is 13.1. The molecule has 0 rings (SSSR count). The number of hydrogen-bond donors (Lipinski definition) is 1. The fourth-order valence-electron chi connectivity index (χ4n) is 1.92. The van der Waals surface area contributed by atoms with E-state index in [4.69, 9.17) is 10.5 Å². The minimum atomic E-state index is 0. The third kappa shape index (κ3) is 7.90. The molecule has 0 aliphatic rings. The number of carbonyl (C=O) groups is 1. The van der Waals surface area contributed by atoms with Crippen LogP contribution >= 0.6 is 12.4 Å². The van der Waals surface area contributed by atoms with Crippen LogP contribution in [0.5, 0.6) is 0 Å². The molecule has 0 aliphatic carbocycles. The van der Waals surface area contributed by atoms with E-state index in [1.54, 1.807) is 7.11 Å². The number of amides is 1. The molecule has 0 heterocycles. The van der Waals surface area contributed by atoms with Crippen molar-refractivity contribution in [2.45, 2.75) is 58.5 Å². The minimum Gasteiger partial charge on any atom is -0.383 e. The quantitative estimate of drug-likeness (QED) is 0.704. The zero-order chi connectivity index (χ0) is 13.3. The van der Waals surface area contributed by atoms with Gasteiger partial charge in [0.25, 0.3) is 0 Å². The summed E-state index contributed by atoms with van der Waals surface area (Å²) in [5.41, 5.74) is 5.69. The van der Waals surface area contributed by atoms with Gasteiger partial charge in [-0.1, -0.05) is 13.8 Å². The Bertz CT molecular complexity index is 209. The average molecular weight is 281 g/mol. The van der Waals surface area contributed by atoms with Crippen LogP contribution in [-0.4, -0.2) is 43.2 Å². The van der Waals surface area contributed by atoms with Crippen LogP contribution in [0.15, 0.2) is 0 Å². The van der Waals surface area contributed by atoms with Crippen LogP contribution in [0, 0.1) is 0 Å².